The third kappa shape index (κ3) is 4.60. The maximum absolute atomic E-state index is 11.4. The summed E-state index contributed by atoms with van der Waals surface area (Å²) in [6, 6.07) is 1.84. The van der Waals surface area contributed by atoms with Crippen molar-refractivity contribution in [3.8, 4) is 0 Å². The van der Waals surface area contributed by atoms with E-state index in [0.29, 0.717) is 10.6 Å². The molecular formula is C12H19NO2S2. The first kappa shape index (κ1) is 14.4. The van der Waals surface area contributed by atoms with Crippen LogP contribution in [0.4, 0.5) is 5.00 Å². The topological polar surface area (TPSA) is 52.3 Å². The van der Waals surface area contributed by atoms with Gasteiger partial charge in [-0.2, -0.15) is 11.8 Å². The molecule has 0 radical (unpaired) electrons. The number of nitrogens with two attached hydrogens (primary N) is 1. The molecule has 0 fully saturated rings. The van der Waals surface area contributed by atoms with Crippen molar-refractivity contribution >= 4 is 34.1 Å². The van der Waals surface area contributed by atoms with Gasteiger partial charge in [-0.25, -0.2) is 4.79 Å². The summed E-state index contributed by atoms with van der Waals surface area (Å²) in [5, 5.41) is 0.552. The van der Waals surface area contributed by atoms with Crippen molar-refractivity contribution in [3.63, 3.8) is 0 Å². The number of ether oxygens (including phenoxy) is 1. The Kier molecular flexibility index (Phi) is 5.85. The molecule has 96 valence electrons. The molecule has 1 aromatic heterocycles. The van der Waals surface area contributed by atoms with Crippen LogP contribution in [-0.2, 0) is 10.5 Å². The van der Waals surface area contributed by atoms with E-state index in [-0.39, 0.29) is 5.97 Å². The average molecular weight is 273 g/mol. The summed E-state index contributed by atoms with van der Waals surface area (Å²) in [6.45, 7) is 4.44. The fourth-order valence-corrected chi connectivity index (χ4v) is 3.55. The van der Waals surface area contributed by atoms with Gasteiger partial charge in [-0.05, 0) is 24.2 Å². The summed E-state index contributed by atoms with van der Waals surface area (Å²) in [6.07, 6.45) is 1.22. The highest BCUT2D eigenvalue weighted by molar-refractivity contribution is 7.98. The van der Waals surface area contributed by atoms with E-state index >= 15 is 0 Å². The first-order chi connectivity index (χ1) is 8.04. The molecule has 0 amide bonds. The lowest BCUT2D eigenvalue weighted by Gasteiger charge is -2.02. The van der Waals surface area contributed by atoms with Crippen molar-refractivity contribution in [2.24, 2.45) is 5.92 Å². The first-order valence-electron chi connectivity index (χ1n) is 5.58. The minimum Gasteiger partial charge on any atom is -0.465 e. The minimum atomic E-state index is -0.350. The second-order valence-corrected chi connectivity index (χ2v) is 6.49. The molecule has 3 nitrogen and oxygen atoms in total. The molecule has 0 aromatic carbocycles. The van der Waals surface area contributed by atoms with Gasteiger partial charge in [0.1, 0.15) is 5.00 Å². The highest BCUT2D eigenvalue weighted by Crippen LogP contribution is 2.29. The zero-order valence-corrected chi connectivity index (χ0v) is 12.1. The van der Waals surface area contributed by atoms with Crippen molar-refractivity contribution in [3.05, 3.63) is 16.5 Å². The number of hydrogen-bond acceptors (Lipinski definition) is 5. The Morgan fingerprint density at radius 2 is 2.29 bits per heavy atom. The molecule has 0 aliphatic heterocycles. The Hall–Kier alpha value is -0.680. The molecule has 0 spiro atoms. The van der Waals surface area contributed by atoms with Gasteiger partial charge in [0, 0.05) is 10.6 Å². The number of hydrogen-bond donors (Lipinski definition) is 1. The monoisotopic (exact) mass is 273 g/mol. The molecule has 1 aromatic rings. The average Bonchev–Trinajstić information content (AvgIpc) is 2.65. The second kappa shape index (κ2) is 6.91. The Balaban J connectivity index is 2.47. The fourth-order valence-electron chi connectivity index (χ4n) is 1.29. The van der Waals surface area contributed by atoms with Gasteiger partial charge in [-0.1, -0.05) is 13.8 Å². The van der Waals surface area contributed by atoms with Gasteiger partial charge in [0.2, 0.25) is 0 Å². The van der Waals surface area contributed by atoms with Gasteiger partial charge in [-0.15, -0.1) is 11.3 Å². The zero-order chi connectivity index (χ0) is 12.8. The van der Waals surface area contributed by atoms with Gasteiger partial charge in [0.25, 0.3) is 0 Å². The Morgan fingerprint density at radius 1 is 1.59 bits per heavy atom. The Morgan fingerprint density at radius 3 is 2.88 bits per heavy atom. The predicted octanol–water partition coefficient (Wildman–Crippen LogP) is 3.40. The van der Waals surface area contributed by atoms with E-state index in [1.54, 1.807) is 0 Å². The minimum absolute atomic E-state index is 0.350. The fraction of sp³-hybridized carbons (Fsp3) is 0.583. The maximum atomic E-state index is 11.4. The van der Waals surface area contributed by atoms with Crippen molar-refractivity contribution in [2.75, 3.05) is 18.6 Å². The molecule has 2 N–H and O–H groups in total. The molecule has 0 saturated heterocycles. The van der Waals surface area contributed by atoms with E-state index in [4.69, 9.17) is 5.73 Å². The SMILES string of the molecule is COC(=O)c1cc(CSCCC(C)C)sc1N. The van der Waals surface area contributed by atoms with Crippen molar-refractivity contribution < 1.29 is 9.53 Å². The molecule has 0 unspecified atom stereocenters. The number of nitrogen functional groups attached to an aromatic ring is 1. The number of rotatable bonds is 6. The Labute approximate surface area is 111 Å². The van der Waals surface area contributed by atoms with E-state index in [0.717, 1.165) is 22.3 Å². The summed E-state index contributed by atoms with van der Waals surface area (Å²) in [7, 11) is 1.37. The van der Waals surface area contributed by atoms with Gasteiger partial charge in [-0.3, -0.25) is 0 Å². The molecule has 17 heavy (non-hydrogen) atoms. The molecule has 1 rings (SSSR count). The molecule has 0 atom stereocenters. The molecule has 5 heteroatoms. The first-order valence-corrected chi connectivity index (χ1v) is 7.56. The second-order valence-electron chi connectivity index (χ2n) is 4.22. The van der Waals surface area contributed by atoms with Crippen LogP contribution in [0.15, 0.2) is 6.07 Å². The maximum Gasteiger partial charge on any atom is 0.340 e. The van der Waals surface area contributed by atoms with Gasteiger partial charge in [0.15, 0.2) is 0 Å². The summed E-state index contributed by atoms with van der Waals surface area (Å²) in [4.78, 5) is 12.5. The number of carbonyl (C=O) groups is 1. The molecule has 0 saturated carbocycles. The van der Waals surface area contributed by atoms with Gasteiger partial charge >= 0.3 is 5.97 Å². The number of anilines is 1. The van der Waals surface area contributed by atoms with E-state index < -0.39 is 0 Å². The number of carbonyl (C=O) groups excluding carboxylic acids is 1. The molecule has 0 aliphatic rings. The molecule has 0 bridgehead atoms. The van der Waals surface area contributed by atoms with Gasteiger partial charge < -0.3 is 10.5 Å². The predicted molar refractivity (Wildman–Crippen MR) is 75.7 cm³/mol. The van der Waals surface area contributed by atoms with Crippen LogP contribution in [0.3, 0.4) is 0 Å². The molecular weight excluding hydrogens is 254 g/mol. The lowest BCUT2D eigenvalue weighted by Crippen LogP contribution is -2.01. The van der Waals surface area contributed by atoms with Gasteiger partial charge in [0.05, 0.1) is 12.7 Å². The third-order valence-electron chi connectivity index (χ3n) is 2.30. The summed E-state index contributed by atoms with van der Waals surface area (Å²) < 4.78 is 4.67. The van der Waals surface area contributed by atoms with E-state index in [9.17, 15) is 4.79 Å². The van der Waals surface area contributed by atoms with Crippen LogP contribution < -0.4 is 5.73 Å². The lowest BCUT2D eigenvalue weighted by atomic mass is 10.2. The van der Waals surface area contributed by atoms with Crippen molar-refractivity contribution in [2.45, 2.75) is 26.0 Å². The highest BCUT2D eigenvalue weighted by Gasteiger charge is 2.14. The van der Waals surface area contributed by atoms with Crippen LogP contribution in [0.5, 0.6) is 0 Å². The van der Waals surface area contributed by atoms with E-state index in [2.05, 4.69) is 18.6 Å². The van der Waals surface area contributed by atoms with Crippen LogP contribution in [0.25, 0.3) is 0 Å². The number of methoxy groups -OCH3 is 1. The number of esters is 1. The van der Waals surface area contributed by atoms with E-state index in [1.807, 2.05) is 17.8 Å². The van der Waals surface area contributed by atoms with Crippen LogP contribution in [0, 0.1) is 5.92 Å². The number of thiophene rings is 1. The summed E-state index contributed by atoms with van der Waals surface area (Å²) in [5.41, 5.74) is 6.28. The van der Waals surface area contributed by atoms with Crippen LogP contribution in [-0.4, -0.2) is 18.8 Å². The summed E-state index contributed by atoms with van der Waals surface area (Å²) >= 11 is 3.35. The zero-order valence-electron chi connectivity index (χ0n) is 10.5. The van der Waals surface area contributed by atoms with Crippen molar-refractivity contribution in [1.82, 2.24) is 0 Å². The third-order valence-corrected chi connectivity index (χ3v) is 4.49. The van der Waals surface area contributed by atoms with Crippen molar-refractivity contribution in [1.29, 1.82) is 0 Å². The lowest BCUT2D eigenvalue weighted by molar-refractivity contribution is 0.0602. The highest BCUT2D eigenvalue weighted by atomic mass is 32.2. The smallest absolute Gasteiger partial charge is 0.340 e. The normalized spacial score (nSPS) is 10.8. The number of thioether (sulfide) groups is 1. The standard InChI is InChI=1S/C12H19NO2S2/c1-8(2)4-5-16-7-9-6-10(11(13)17-9)12(14)15-3/h6,8H,4-5,7,13H2,1-3H3. The van der Waals surface area contributed by atoms with E-state index in [1.165, 1.54) is 24.9 Å². The molecule has 1 heterocycles. The largest absolute Gasteiger partial charge is 0.465 e. The quantitative estimate of drug-likeness (QED) is 0.637. The summed E-state index contributed by atoms with van der Waals surface area (Å²) in [5.74, 6) is 2.44. The van der Waals surface area contributed by atoms with Crippen LogP contribution >= 0.6 is 23.1 Å². The van der Waals surface area contributed by atoms with Crippen LogP contribution in [0.2, 0.25) is 0 Å². The molecule has 0 aliphatic carbocycles. The van der Waals surface area contributed by atoms with Crippen LogP contribution in [0.1, 0.15) is 35.5 Å². The Bertz CT molecular complexity index is 375.